The zero-order valence-corrected chi connectivity index (χ0v) is 16.4. The van der Waals surface area contributed by atoms with Crippen LogP contribution >= 0.6 is 0 Å². The molecule has 4 rings (SSSR count). The van der Waals surface area contributed by atoms with Crippen LogP contribution in [-0.4, -0.2) is 22.6 Å². The van der Waals surface area contributed by atoms with Crippen LogP contribution < -0.4 is 5.32 Å². The number of methoxy groups -OCH3 is 1. The number of alkyl halides is 3. The molecule has 0 saturated carbocycles. The third kappa shape index (κ3) is 4.46. The van der Waals surface area contributed by atoms with E-state index in [4.69, 9.17) is 9.15 Å². The molecule has 1 N–H and O–H groups in total. The van der Waals surface area contributed by atoms with Gasteiger partial charge < -0.3 is 13.7 Å². The first-order valence-corrected chi connectivity index (χ1v) is 9.34. The summed E-state index contributed by atoms with van der Waals surface area (Å²) in [7, 11) is 1.58. The maximum atomic E-state index is 13.1. The van der Waals surface area contributed by atoms with Gasteiger partial charge in [-0.05, 0) is 48.0 Å². The molecule has 0 aliphatic rings. The van der Waals surface area contributed by atoms with Gasteiger partial charge in [-0.15, -0.1) is 0 Å². The van der Waals surface area contributed by atoms with Gasteiger partial charge in [0.15, 0.2) is 0 Å². The molecule has 0 fully saturated rings. The van der Waals surface area contributed by atoms with Crippen molar-refractivity contribution in [3.8, 4) is 0 Å². The Bertz CT molecular complexity index is 1200. The molecule has 0 atom stereocenters. The van der Waals surface area contributed by atoms with Crippen LogP contribution in [0.1, 0.15) is 27.2 Å². The number of amides is 1. The van der Waals surface area contributed by atoms with Gasteiger partial charge in [0.2, 0.25) is 5.95 Å². The molecule has 4 aromatic rings. The molecular weight excluding hydrogens is 411 g/mol. The second kappa shape index (κ2) is 8.27. The molecule has 9 heteroatoms. The minimum Gasteiger partial charge on any atom is -0.467 e. The maximum absolute atomic E-state index is 13.1. The number of aromatic nitrogens is 2. The number of hydrogen-bond donors (Lipinski definition) is 1. The number of anilines is 1. The predicted molar refractivity (Wildman–Crippen MR) is 108 cm³/mol. The van der Waals surface area contributed by atoms with Crippen molar-refractivity contribution in [3.63, 3.8) is 0 Å². The van der Waals surface area contributed by atoms with E-state index in [2.05, 4.69) is 10.3 Å². The van der Waals surface area contributed by atoms with Crippen LogP contribution in [0.15, 0.2) is 65.3 Å². The van der Waals surface area contributed by atoms with Gasteiger partial charge in [0.05, 0.1) is 36.0 Å². The fourth-order valence-corrected chi connectivity index (χ4v) is 3.21. The Morgan fingerprint density at radius 1 is 1.16 bits per heavy atom. The third-order valence-electron chi connectivity index (χ3n) is 4.72. The smallest absolute Gasteiger partial charge is 0.416 e. The molecule has 2 aromatic heterocycles. The fourth-order valence-electron chi connectivity index (χ4n) is 3.21. The number of ether oxygens (including phenoxy) is 1. The van der Waals surface area contributed by atoms with Gasteiger partial charge in [0.1, 0.15) is 5.76 Å². The second-order valence-corrected chi connectivity index (χ2v) is 6.89. The SMILES string of the molecule is COCc1ccc(C(=O)Nc2nc3cc(C(F)(F)F)ccc3n2Cc2ccco2)cc1. The van der Waals surface area contributed by atoms with Crippen LogP contribution in [-0.2, 0) is 24.1 Å². The molecule has 0 saturated heterocycles. The molecule has 2 aromatic carbocycles. The first-order chi connectivity index (χ1) is 14.8. The Hall–Kier alpha value is -3.59. The highest BCUT2D eigenvalue weighted by Crippen LogP contribution is 2.32. The summed E-state index contributed by atoms with van der Waals surface area (Å²) in [6, 6.07) is 13.5. The van der Waals surface area contributed by atoms with Crippen molar-refractivity contribution in [1.82, 2.24) is 9.55 Å². The quantitative estimate of drug-likeness (QED) is 0.463. The lowest BCUT2D eigenvalue weighted by molar-refractivity contribution is -0.137. The number of carbonyl (C=O) groups is 1. The van der Waals surface area contributed by atoms with E-state index < -0.39 is 17.6 Å². The van der Waals surface area contributed by atoms with Crippen molar-refractivity contribution in [2.45, 2.75) is 19.3 Å². The van der Waals surface area contributed by atoms with Gasteiger partial charge in [-0.2, -0.15) is 13.2 Å². The summed E-state index contributed by atoms with van der Waals surface area (Å²) < 4.78 is 51.4. The van der Waals surface area contributed by atoms with Crippen LogP contribution in [0.3, 0.4) is 0 Å². The fraction of sp³-hybridized carbons (Fsp3) is 0.182. The number of nitrogens with one attached hydrogen (secondary N) is 1. The number of nitrogens with zero attached hydrogens (tertiary/aromatic N) is 2. The van der Waals surface area contributed by atoms with E-state index in [1.54, 1.807) is 48.1 Å². The van der Waals surface area contributed by atoms with E-state index in [9.17, 15) is 18.0 Å². The van der Waals surface area contributed by atoms with Crippen LogP contribution in [0.25, 0.3) is 11.0 Å². The summed E-state index contributed by atoms with van der Waals surface area (Å²) in [4.78, 5) is 17.0. The second-order valence-electron chi connectivity index (χ2n) is 6.89. The Balaban J connectivity index is 1.69. The van der Waals surface area contributed by atoms with E-state index in [1.807, 2.05) is 0 Å². The lowest BCUT2D eigenvalue weighted by Crippen LogP contribution is -2.16. The Labute approximate surface area is 175 Å². The summed E-state index contributed by atoms with van der Waals surface area (Å²) in [5.41, 5.74) is 1.03. The normalized spacial score (nSPS) is 11.7. The number of imidazole rings is 1. The summed E-state index contributed by atoms with van der Waals surface area (Å²) >= 11 is 0. The summed E-state index contributed by atoms with van der Waals surface area (Å²) in [6.07, 6.45) is -3.00. The summed E-state index contributed by atoms with van der Waals surface area (Å²) in [5.74, 6) is 0.256. The molecule has 160 valence electrons. The summed E-state index contributed by atoms with van der Waals surface area (Å²) in [6.45, 7) is 0.611. The van der Waals surface area contributed by atoms with Crippen LogP contribution in [0.5, 0.6) is 0 Å². The third-order valence-corrected chi connectivity index (χ3v) is 4.72. The van der Waals surface area contributed by atoms with Crippen LogP contribution in [0.4, 0.5) is 19.1 Å². The Kier molecular flexibility index (Phi) is 5.51. The van der Waals surface area contributed by atoms with E-state index in [0.29, 0.717) is 23.4 Å². The van der Waals surface area contributed by atoms with Gasteiger partial charge >= 0.3 is 6.18 Å². The Morgan fingerprint density at radius 3 is 2.58 bits per heavy atom. The first-order valence-electron chi connectivity index (χ1n) is 9.34. The number of furan rings is 1. The molecule has 2 heterocycles. The van der Waals surface area contributed by atoms with E-state index in [1.165, 1.54) is 12.3 Å². The van der Waals surface area contributed by atoms with Gasteiger partial charge in [-0.25, -0.2) is 4.98 Å². The lowest BCUT2D eigenvalue weighted by atomic mass is 10.1. The molecule has 31 heavy (non-hydrogen) atoms. The summed E-state index contributed by atoms with van der Waals surface area (Å²) in [5, 5.41) is 2.70. The minimum atomic E-state index is -4.49. The standard InChI is InChI=1S/C22H18F3N3O3/c1-30-13-14-4-6-15(7-5-14)20(29)27-21-26-18-11-16(22(23,24)25)8-9-19(18)28(21)12-17-3-2-10-31-17/h2-11H,12-13H2,1H3,(H,26,27,29). The Morgan fingerprint density at radius 2 is 1.94 bits per heavy atom. The number of rotatable bonds is 6. The minimum absolute atomic E-state index is 0.118. The zero-order valence-electron chi connectivity index (χ0n) is 16.4. The molecule has 1 amide bonds. The van der Waals surface area contributed by atoms with E-state index in [0.717, 1.165) is 17.7 Å². The molecule has 0 radical (unpaired) electrons. The predicted octanol–water partition coefficient (Wildman–Crippen LogP) is 5.10. The van der Waals surface area contributed by atoms with Crippen LogP contribution in [0, 0.1) is 0 Å². The maximum Gasteiger partial charge on any atom is 0.416 e. The molecular formula is C22H18F3N3O3. The van der Waals surface area contributed by atoms with Crippen molar-refractivity contribution < 1.29 is 27.1 Å². The average molecular weight is 429 g/mol. The number of benzene rings is 2. The number of carbonyl (C=O) groups excluding carboxylic acids is 1. The molecule has 0 aliphatic heterocycles. The van der Waals surface area contributed by atoms with Crippen molar-refractivity contribution in [3.05, 3.63) is 83.3 Å². The van der Waals surface area contributed by atoms with Crippen molar-refractivity contribution in [1.29, 1.82) is 0 Å². The number of halogens is 3. The van der Waals surface area contributed by atoms with Crippen molar-refractivity contribution >= 4 is 22.9 Å². The van der Waals surface area contributed by atoms with Crippen LogP contribution in [0.2, 0.25) is 0 Å². The highest BCUT2D eigenvalue weighted by molar-refractivity contribution is 6.04. The lowest BCUT2D eigenvalue weighted by Gasteiger charge is -2.10. The molecule has 0 aliphatic carbocycles. The topological polar surface area (TPSA) is 69.3 Å². The van der Waals surface area contributed by atoms with Gasteiger partial charge in [-0.1, -0.05) is 12.1 Å². The molecule has 0 spiro atoms. The van der Waals surface area contributed by atoms with E-state index >= 15 is 0 Å². The van der Waals surface area contributed by atoms with Gasteiger partial charge in [0, 0.05) is 12.7 Å². The molecule has 0 bridgehead atoms. The van der Waals surface area contributed by atoms with Crippen molar-refractivity contribution in [2.75, 3.05) is 12.4 Å². The largest absolute Gasteiger partial charge is 0.467 e. The highest BCUT2D eigenvalue weighted by atomic mass is 19.4. The number of fused-ring (bicyclic) bond motifs is 1. The van der Waals surface area contributed by atoms with Gasteiger partial charge in [0.25, 0.3) is 5.91 Å². The molecule has 6 nitrogen and oxygen atoms in total. The highest BCUT2D eigenvalue weighted by Gasteiger charge is 2.31. The average Bonchev–Trinajstić information content (AvgIpc) is 3.36. The monoisotopic (exact) mass is 429 g/mol. The van der Waals surface area contributed by atoms with Gasteiger partial charge in [-0.3, -0.25) is 10.1 Å². The molecule has 0 unspecified atom stereocenters. The van der Waals surface area contributed by atoms with E-state index in [-0.39, 0.29) is 18.0 Å². The first kappa shape index (κ1) is 20.7. The van der Waals surface area contributed by atoms with Crippen molar-refractivity contribution in [2.24, 2.45) is 0 Å². The number of hydrogen-bond acceptors (Lipinski definition) is 4. The zero-order chi connectivity index (χ0) is 22.0.